The molecule has 1 saturated carbocycles. The molecular formula is C22H26N4O3S. The second-order valence-electron chi connectivity index (χ2n) is 7.93. The quantitative estimate of drug-likeness (QED) is 0.629. The summed E-state index contributed by atoms with van der Waals surface area (Å²) in [5.74, 6) is 1.04. The van der Waals surface area contributed by atoms with Crippen LogP contribution in [0, 0.1) is 20.8 Å². The van der Waals surface area contributed by atoms with Crippen molar-refractivity contribution in [2.75, 3.05) is 6.54 Å². The molecule has 1 heterocycles. The number of hydrogen-bond donors (Lipinski definition) is 1. The van der Waals surface area contributed by atoms with E-state index < -0.39 is 10.0 Å². The number of nitrogens with one attached hydrogen (secondary N) is 1. The minimum absolute atomic E-state index is 0.0882. The highest BCUT2D eigenvalue weighted by Gasteiger charge is 2.31. The molecule has 1 N–H and O–H groups in total. The lowest BCUT2D eigenvalue weighted by atomic mass is 10.1. The molecule has 1 aromatic heterocycles. The van der Waals surface area contributed by atoms with E-state index in [0.29, 0.717) is 16.0 Å². The fourth-order valence-electron chi connectivity index (χ4n) is 3.94. The smallest absolute Gasteiger partial charge is 0.247 e. The van der Waals surface area contributed by atoms with E-state index in [0.717, 1.165) is 29.9 Å². The molecule has 0 amide bonds. The van der Waals surface area contributed by atoms with Crippen LogP contribution in [0.4, 0.5) is 0 Å². The first kappa shape index (κ1) is 20.6. The molecule has 1 aliphatic carbocycles. The first-order valence-corrected chi connectivity index (χ1v) is 11.6. The molecule has 0 atom stereocenters. The van der Waals surface area contributed by atoms with Crippen LogP contribution in [0.25, 0.3) is 5.69 Å². The normalized spacial score (nSPS) is 14.2. The van der Waals surface area contributed by atoms with Gasteiger partial charge in [0.1, 0.15) is 5.82 Å². The van der Waals surface area contributed by atoms with Crippen molar-refractivity contribution < 1.29 is 8.42 Å². The molecule has 0 aliphatic heterocycles. The van der Waals surface area contributed by atoms with E-state index in [2.05, 4.69) is 9.82 Å². The van der Waals surface area contributed by atoms with Crippen LogP contribution in [-0.2, 0) is 16.6 Å². The SMILES string of the molecule is Cc1cc(C)c(S(=O)(=O)NCCn2nc(C3CC3)n(-c3ccccc3)c2=O)c(C)c1. The number of benzene rings is 2. The van der Waals surface area contributed by atoms with Crippen molar-refractivity contribution in [3.63, 3.8) is 0 Å². The predicted octanol–water partition coefficient (Wildman–Crippen LogP) is 2.82. The molecule has 1 aliphatic rings. The topological polar surface area (TPSA) is 86.0 Å². The van der Waals surface area contributed by atoms with E-state index in [9.17, 15) is 13.2 Å². The highest BCUT2D eigenvalue weighted by atomic mass is 32.2. The standard InChI is InChI=1S/C22H26N4O3S/c1-15-13-16(2)20(17(3)14-15)30(28,29)23-11-12-25-22(27)26(19-7-5-4-6-8-19)21(24-25)18-9-10-18/h4-8,13-14,18,23H,9-12H2,1-3H3. The van der Waals surface area contributed by atoms with Crippen molar-refractivity contribution in [2.24, 2.45) is 0 Å². The summed E-state index contributed by atoms with van der Waals surface area (Å²) >= 11 is 0. The highest BCUT2D eigenvalue weighted by Crippen LogP contribution is 2.39. The Balaban J connectivity index is 1.56. The Morgan fingerprint density at radius 2 is 1.70 bits per heavy atom. The first-order valence-electron chi connectivity index (χ1n) is 10.1. The largest absolute Gasteiger partial charge is 0.350 e. The van der Waals surface area contributed by atoms with E-state index in [-0.39, 0.29) is 24.7 Å². The summed E-state index contributed by atoms with van der Waals surface area (Å²) in [4.78, 5) is 13.3. The number of sulfonamides is 1. The third kappa shape index (κ3) is 3.97. The molecule has 4 rings (SSSR count). The summed E-state index contributed by atoms with van der Waals surface area (Å²) in [6.45, 7) is 5.79. The molecule has 0 unspecified atom stereocenters. The first-order chi connectivity index (χ1) is 14.3. The lowest BCUT2D eigenvalue weighted by molar-refractivity contribution is 0.550. The van der Waals surface area contributed by atoms with Gasteiger partial charge in [0.05, 0.1) is 17.1 Å². The van der Waals surface area contributed by atoms with Crippen LogP contribution >= 0.6 is 0 Å². The third-order valence-corrected chi connectivity index (χ3v) is 7.08. The van der Waals surface area contributed by atoms with E-state index in [1.165, 1.54) is 4.68 Å². The van der Waals surface area contributed by atoms with Gasteiger partial charge in [0.25, 0.3) is 0 Å². The van der Waals surface area contributed by atoms with Gasteiger partial charge in [-0.2, -0.15) is 5.10 Å². The fraction of sp³-hybridized carbons (Fsp3) is 0.364. The molecule has 158 valence electrons. The summed E-state index contributed by atoms with van der Waals surface area (Å²) in [5.41, 5.74) is 2.98. The molecule has 0 spiro atoms. The van der Waals surface area contributed by atoms with Gasteiger partial charge in [0.15, 0.2) is 0 Å². The Kier molecular flexibility index (Phi) is 5.38. The zero-order chi connectivity index (χ0) is 21.5. The van der Waals surface area contributed by atoms with E-state index in [4.69, 9.17) is 0 Å². The molecule has 0 bridgehead atoms. The zero-order valence-electron chi connectivity index (χ0n) is 17.4. The molecular weight excluding hydrogens is 400 g/mol. The average Bonchev–Trinajstić information content (AvgIpc) is 3.46. The van der Waals surface area contributed by atoms with Gasteiger partial charge in [0.2, 0.25) is 10.0 Å². The van der Waals surface area contributed by atoms with Crippen molar-refractivity contribution in [1.82, 2.24) is 19.1 Å². The number of aryl methyl sites for hydroxylation is 3. The number of nitrogens with zero attached hydrogens (tertiary/aromatic N) is 3. The van der Waals surface area contributed by atoms with Gasteiger partial charge in [-0.15, -0.1) is 0 Å². The number of para-hydroxylation sites is 1. The van der Waals surface area contributed by atoms with E-state index >= 15 is 0 Å². The van der Waals surface area contributed by atoms with Crippen LogP contribution in [0.3, 0.4) is 0 Å². The summed E-state index contributed by atoms with van der Waals surface area (Å²) in [6, 6.07) is 13.1. The van der Waals surface area contributed by atoms with Crippen LogP contribution in [0.15, 0.2) is 52.2 Å². The maximum absolute atomic E-state index is 13.0. The lowest BCUT2D eigenvalue weighted by Crippen LogP contribution is -2.32. The molecule has 3 aromatic rings. The van der Waals surface area contributed by atoms with Crippen molar-refractivity contribution in [2.45, 2.75) is 51.0 Å². The number of rotatable bonds is 7. The fourth-order valence-corrected chi connectivity index (χ4v) is 5.41. The van der Waals surface area contributed by atoms with Gasteiger partial charge in [-0.05, 0) is 56.9 Å². The van der Waals surface area contributed by atoms with Gasteiger partial charge in [0, 0.05) is 12.5 Å². The van der Waals surface area contributed by atoms with Crippen LogP contribution in [0.1, 0.15) is 41.3 Å². The van der Waals surface area contributed by atoms with Crippen molar-refractivity contribution >= 4 is 10.0 Å². The minimum atomic E-state index is -3.68. The molecule has 30 heavy (non-hydrogen) atoms. The van der Waals surface area contributed by atoms with Gasteiger partial charge >= 0.3 is 5.69 Å². The number of aromatic nitrogens is 3. The average molecular weight is 427 g/mol. The van der Waals surface area contributed by atoms with Crippen LogP contribution in [0.2, 0.25) is 0 Å². The summed E-state index contributed by atoms with van der Waals surface area (Å²) in [6.07, 6.45) is 2.03. The summed E-state index contributed by atoms with van der Waals surface area (Å²) in [5, 5.41) is 4.52. The van der Waals surface area contributed by atoms with Crippen molar-refractivity contribution in [1.29, 1.82) is 0 Å². The second-order valence-corrected chi connectivity index (χ2v) is 9.64. The molecule has 7 nitrogen and oxygen atoms in total. The van der Waals surface area contributed by atoms with Gasteiger partial charge in [-0.1, -0.05) is 35.9 Å². The van der Waals surface area contributed by atoms with Crippen molar-refractivity contribution in [3.8, 4) is 5.69 Å². The van der Waals surface area contributed by atoms with Crippen LogP contribution in [0.5, 0.6) is 0 Å². The maximum Gasteiger partial charge on any atom is 0.350 e. The minimum Gasteiger partial charge on any atom is -0.247 e. The van der Waals surface area contributed by atoms with E-state index in [1.54, 1.807) is 18.4 Å². The third-order valence-electron chi connectivity index (χ3n) is 5.31. The monoisotopic (exact) mass is 426 g/mol. The summed E-state index contributed by atoms with van der Waals surface area (Å²) < 4.78 is 31.3. The highest BCUT2D eigenvalue weighted by molar-refractivity contribution is 7.89. The second kappa shape index (κ2) is 7.85. The Bertz CT molecular complexity index is 1220. The molecule has 2 aromatic carbocycles. The predicted molar refractivity (Wildman–Crippen MR) is 116 cm³/mol. The van der Waals surface area contributed by atoms with Gasteiger partial charge in [-0.3, -0.25) is 0 Å². The Morgan fingerprint density at radius 3 is 2.30 bits per heavy atom. The maximum atomic E-state index is 13.0. The molecule has 0 radical (unpaired) electrons. The molecule has 8 heteroatoms. The summed E-state index contributed by atoms with van der Waals surface area (Å²) in [7, 11) is -3.68. The Labute approximate surface area is 176 Å². The van der Waals surface area contributed by atoms with E-state index in [1.807, 2.05) is 49.4 Å². The molecule has 0 saturated heterocycles. The lowest BCUT2D eigenvalue weighted by Gasteiger charge is -2.13. The van der Waals surface area contributed by atoms with Crippen LogP contribution in [-0.4, -0.2) is 29.3 Å². The Hall–Kier alpha value is -2.71. The number of hydrogen-bond acceptors (Lipinski definition) is 4. The molecule has 1 fully saturated rings. The van der Waals surface area contributed by atoms with Gasteiger partial charge < -0.3 is 0 Å². The van der Waals surface area contributed by atoms with Gasteiger partial charge in [-0.25, -0.2) is 27.2 Å². The van der Waals surface area contributed by atoms with Crippen LogP contribution < -0.4 is 10.4 Å². The zero-order valence-corrected chi connectivity index (χ0v) is 18.2. The van der Waals surface area contributed by atoms with Crippen molar-refractivity contribution in [3.05, 3.63) is 75.5 Å². The Morgan fingerprint density at radius 1 is 1.07 bits per heavy atom.